The monoisotopic (exact) mass is 392 g/mol. The summed E-state index contributed by atoms with van der Waals surface area (Å²) in [4.78, 5) is 3.94. The van der Waals surface area contributed by atoms with Gasteiger partial charge in [-0.1, -0.05) is 41.9 Å². The van der Waals surface area contributed by atoms with Crippen molar-refractivity contribution in [1.29, 1.82) is 0 Å². The van der Waals surface area contributed by atoms with Crippen LogP contribution < -0.4 is 0 Å². The van der Waals surface area contributed by atoms with Gasteiger partial charge in [-0.2, -0.15) is 26.3 Å². The van der Waals surface area contributed by atoms with Crippen molar-refractivity contribution in [2.24, 2.45) is 4.99 Å². The fraction of sp³-hybridized carbons (Fsp3) is 0.235. The van der Waals surface area contributed by atoms with Crippen LogP contribution in [0.3, 0.4) is 0 Å². The lowest BCUT2D eigenvalue weighted by atomic mass is 9.78. The van der Waals surface area contributed by atoms with Crippen LogP contribution in [-0.4, -0.2) is 30.1 Å². The van der Waals surface area contributed by atoms with E-state index in [4.69, 9.17) is 11.6 Å². The van der Waals surface area contributed by atoms with E-state index in [2.05, 4.69) is 4.99 Å². The summed E-state index contributed by atoms with van der Waals surface area (Å²) in [7, 11) is 0. The highest BCUT2D eigenvalue weighted by atomic mass is 35.5. The Morgan fingerprint density at radius 3 is 2.19 bits per heavy atom. The van der Waals surface area contributed by atoms with Gasteiger partial charge >= 0.3 is 12.4 Å². The molecule has 0 fully saturated rings. The van der Waals surface area contributed by atoms with E-state index in [1.54, 1.807) is 0 Å². The molecular weight excluding hydrogens is 382 g/mol. The van der Waals surface area contributed by atoms with Gasteiger partial charge in [-0.25, -0.2) is 4.99 Å². The first-order chi connectivity index (χ1) is 12.1. The van der Waals surface area contributed by atoms with Crippen LogP contribution in [0.4, 0.5) is 32.0 Å². The molecule has 0 N–H and O–H groups in total. The summed E-state index contributed by atoms with van der Waals surface area (Å²) in [6, 6.07) is 10.0. The number of nitrogens with zero attached hydrogens (tertiary/aromatic N) is 2. The average Bonchev–Trinajstić information content (AvgIpc) is 2.53. The molecule has 1 unspecified atom stereocenters. The lowest BCUT2D eigenvalue weighted by molar-refractivity contribution is -0.227. The minimum absolute atomic E-state index is 0.0302. The fourth-order valence-corrected chi connectivity index (χ4v) is 3.29. The normalized spacial score (nSPS) is 20.2. The number of halogens is 7. The molecule has 2 aromatic rings. The Hall–Kier alpha value is -2.22. The zero-order valence-electron chi connectivity index (χ0n) is 12.9. The molecule has 1 heterocycles. The van der Waals surface area contributed by atoms with E-state index in [-0.39, 0.29) is 21.2 Å². The maximum Gasteiger partial charge on any atom is 0.420 e. The van der Waals surface area contributed by atoms with Gasteiger partial charge in [-0.05, 0) is 23.8 Å². The molecule has 1 aliphatic rings. The van der Waals surface area contributed by atoms with E-state index >= 15 is 0 Å². The zero-order chi connectivity index (χ0) is 19.2. The smallest absolute Gasteiger partial charge is 0.332 e. The maximum atomic E-state index is 14.4. The lowest BCUT2D eigenvalue weighted by Crippen LogP contribution is -2.59. The van der Waals surface area contributed by atoms with Crippen molar-refractivity contribution < 1.29 is 26.3 Å². The summed E-state index contributed by atoms with van der Waals surface area (Å²) in [5.74, 6) is 0. The van der Waals surface area contributed by atoms with Crippen molar-refractivity contribution in [1.82, 2.24) is 4.90 Å². The Morgan fingerprint density at radius 2 is 1.62 bits per heavy atom. The number of aliphatic imine (C=N–C) groups is 1. The third-order valence-electron chi connectivity index (χ3n) is 4.07. The molecule has 2 aromatic carbocycles. The Morgan fingerprint density at radius 1 is 0.962 bits per heavy atom. The SMILES string of the molecule is FC(F)(F)CN1C=Nc2ccc(Cl)cc2C1(c1ccccc1)C(F)(F)F. The van der Waals surface area contributed by atoms with Crippen LogP contribution in [-0.2, 0) is 5.54 Å². The molecule has 138 valence electrons. The maximum absolute atomic E-state index is 14.4. The van der Waals surface area contributed by atoms with Gasteiger partial charge in [0.05, 0.1) is 12.0 Å². The molecule has 0 radical (unpaired) electrons. The molecule has 0 saturated carbocycles. The van der Waals surface area contributed by atoms with Gasteiger partial charge in [-0.3, -0.25) is 0 Å². The van der Waals surface area contributed by atoms with Gasteiger partial charge < -0.3 is 4.90 Å². The van der Waals surface area contributed by atoms with Crippen LogP contribution in [0.15, 0.2) is 53.5 Å². The predicted molar refractivity (Wildman–Crippen MR) is 85.6 cm³/mol. The number of benzene rings is 2. The lowest BCUT2D eigenvalue weighted by Gasteiger charge is -2.47. The minimum atomic E-state index is -5.08. The van der Waals surface area contributed by atoms with Crippen LogP contribution in [0.5, 0.6) is 0 Å². The molecule has 0 spiro atoms. The summed E-state index contributed by atoms with van der Waals surface area (Å²) in [5, 5.41) is -0.0302. The third kappa shape index (κ3) is 3.02. The van der Waals surface area contributed by atoms with Crippen molar-refractivity contribution >= 4 is 23.6 Å². The Balaban J connectivity index is 2.37. The molecule has 0 amide bonds. The van der Waals surface area contributed by atoms with E-state index in [1.807, 2.05) is 0 Å². The molecule has 2 nitrogen and oxygen atoms in total. The zero-order valence-corrected chi connectivity index (χ0v) is 13.7. The second kappa shape index (κ2) is 6.19. The van der Waals surface area contributed by atoms with Crippen LogP contribution >= 0.6 is 11.6 Å². The summed E-state index contributed by atoms with van der Waals surface area (Å²) in [6.07, 6.45) is -9.36. The van der Waals surface area contributed by atoms with Crippen LogP contribution in [0.2, 0.25) is 5.02 Å². The third-order valence-corrected chi connectivity index (χ3v) is 4.30. The van der Waals surface area contributed by atoms with Crippen molar-refractivity contribution in [2.45, 2.75) is 17.9 Å². The fourth-order valence-electron chi connectivity index (χ4n) is 3.12. The van der Waals surface area contributed by atoms with E-state index in [0.29, 0.717) is 6.34 Å². The first kappa shape index (κ1) is 18.6. The van der Waals surface area contributed by atoms with Crippen molar-refractivity contribution in [3.8, 4) is 0 Å². The van der Waals surface area contributed by atoms with Crippen LogP contribution in [0, 0.1) is 0 Å². The molecule has 0 aliphatic carbocycles. The van der Waals surface area contributed by atoms with Gasteiger partial charge in [0.15, 0.2) is 5.54 Å². The molecule has 1 atom stereocenters. The Kier molecular flexibility index (Phi) is 4.42. The van der Waals surface area contributed by atoms with E-state index in [9.17, 15) is 26.3 Å². The number of hydrogen-bond donors (Lipinski definition) is 0. The largest absolute Gasteiger partial charge is 0.420 e. The van der Waals surface area contributed by atoms with Crippen molar-refractivity contribution in [3.63, 3.8) is 0 Å². The van der Waals surface area contributed by atoms with E-state index in [0.717, 1.165) is 18.2 Å². The van der Waals surface area contributed by atoms with Crippen molar-refractivity contribution in [2.75, 3.05) is 6.54 Å². The summed E-state index contributed by atoms with van der Waals surface area (Å²) in [5.41, 5.74) is -3.96. The highest BCUT2D eigenvalue weighted by molar-refractivity contribution is 6.30. The van der Waals surface area contributed by atoms with Gasteiger partial charge in [0.25, 0.3) is 0 Å². The molecule has 26 heavy (non-hydrogen) atoms. The minimum Gasteiger partial charge on any atom is -0.332 e. The first-order valence-corrected chi connectivity index (χ1v) is 7.73. The van der Waals surface area contributed by atoms with E-state index in [1.165, 1.54) is 30.3 Å². The summed E-state index contributed by atoms with van der Waals surface area (Å²) in [6.45, 7) is -1.82. The molecule has 0 bridgehead atoms. The molecule has 1 aliphatic heterocycles. The summed E-state index contributed by atoms with van der Waals surface area (Å²) < 4.78 is 82.4. The standard InChI is InChI=1S/C17H11ClF6N2/c18-12-6-7-14-13(8-12)16(17(22,23)24,11-4-2-1-3-5-11)26(10-25-14)9-15(19,20)21/h1-8,10H,9H2. The van der Waals surface area contributed by atoms with Gasteiger partial charge in [0.1, 0.15) is 6.54 Å². The molecule has 3 rings (SSSR count). The Bertz CT molecular complexity index is 831. The molecule has 0 saturated heterocycles. The van der Waals surface area contributed by atoms with Crippen LogP contribution in [0.1, 0.15) is 11.1 Å². The average molecular weight is 393 g/mol. The number of rotatable bonds is 2. The summed E-state index contributed by atoms with van der Waals surface area (Å²) >= 11 is 5.86. The van der Waals surface area contributed by atoms with Crippen LogP contribution in [0.25, 0.3) is 0 Å². The predicted octanol–water partition coefficient (Wildman–Crippen LogP) is 5.68. The van der Waals surface area contributed by atoms with Gasteiger partial charge in [0, 0.05) is 10.6 Å². The second-order valence-corrected chi connectivity index (χ2v) is 6.16. The highest BCUT2D eigenvalue weighted by Crippen LogP contribution is 2.53. The topological polar surface area (TPSA) is 15.6 Å². The number of fused-ring (bicyclic) bond motifs is 1. The first-order valence-electron chi connectivity index (χ1n) is 7.35. The molecular formula is C17H11ClF6N2. The molecule has 0 aromatic heterocycles. The molecule has 9 heteroatoms. The van der Waals surface area contributed by atoms with Gasteiger partial charge in [-0.15, -0.1) is 0 Å². The number of hydrogen-bond acceptors (Lipinski definition) is 2. The highest BCUT2D eigenvalue weighted by Gasteiger charge is 2.63. The van der Waals surface area contributed by atoms with Gasteiger partial charge in [0.2, 0.25) is 0 Å². The Labute approximate surface area is 149 Å². The number of alkyl halides is 6. The van der Waals surface area contributed by atoms with Crippen molar-refractivity contribution in [3.05, 3.63) is 64.7 Å². The second-order valence-electron chi connectivity index (χ2n) is 5.72. The quantitative estimate of drug-likeness (QED) is 0.600. The van der Waals surface area contributed by atoms with E-state index < -0.39 is 30.0 Å².